The average Bonchev–Trinajstić information content (AvgIpc) is 2.79. The maximum Gasteiger partial charge on any atom is 0.240 e. The Hall–Kier alpha value is -1.86. The monoisotopic (exact) mass is 253 g/mol. The van der Waals surface area contributed by atoms with Gasteiger partial charge in [-0.2, -0.15) is 0 Å². The SMILES string of the molecule is Nc1cccc(S(=O)(=O)NCc2ccon2)c1. The largest absolute Gasteiger partial charge is 0.399 e. The number of aromatic nitrogens is 1. The number of nitrogens with zero attached hydrogens (tertiary/aromatic N) is 1. The smallest absolute Gasteiger partial charge is 0.240 e. The Balaban J connectivity index is 2.14. The first-order chi connectivity index (χ1) is 8.08. The van der Waals surface area contributed by atoms with Crippen molar-refractivity contribution in [3.8, 4) is 0 Å². The molecule has 0 atom stereocenters. The Labute approximate surface area is 98.5 Å². The lowest BCUT2D eigenvalue weighted by molar-refractivity contribution is 0.411. The Kier molecular flexibility index (Phi) is 3.12. The molecule has 0 unspecified atom stereocenters. The van der Waals surface area contributed by atoms with Crippen LogP contribution in [0.3, 0.4) is 0 Å². The molecule has 90 valence electrons. The summed E-state index contributed by atoms with van der Waals surface area (Å²) in [5.41, 5.74) is 6.44. The fourth-order valence-electron chi connectivity index (χ4n) is 1.26. The quantitative estimate of drug-likeness (QED) is 0.783. The van der Waals surface area contributed by atoms with Crippen LogP contribution in [0.15, 0.2) is 46.0 Å². The Bertz CT molecular complexity index is 593. The lowest BCUT2D eigenvalue weighted by atomic mass is 10.3. The third-order valence-corrected chi connectivity index (χ3v) is 3.50. The van der Waals surface area contributed by atoms with Crippen molar-refractivity contribution in [1.29, 1.82) is 0 Å². The Morgan fingerprint density at radius 1 is 1.35 bits per heavy atom. The van der Waals surface area contributed by atoms with E-state index in [1.807, 2.05) is 0 Å². The summed E-state index contributed by atoms with van der Waals surface area (Å²) in [4.78, 5) is 0.126. The molecule has 0 bridgehead atoms. The lowest BCUT2D eigenvalue weighted by Gasteiger charge is -2.05. The number of sulfonamides is 1. The van der Waals surface area contributed by atoms with Gasteiger partial charge in [0, 0.05) is 11.8 Å². The van der Waals surface area contributed by atoms with E-state index in [0.717, 1.165) is 0 Å². The number of hydrogen-bond acceptors (Lipinski definition) is 5. The molecule has 0 radical (unpaired) electrons. The van der Waals surface area contributed by atoms with Crippen LogP contribution >= 0.6 is 0 Å². The average molecular weight is 253 g/mol. The van der Waals surface area contributed by atoms with Crippen LogP contribution in [0.2, 0.25) is 0 Å². The van der Waals surface area contributed by atoms with Gasteiger partial charge in [-0.25, -0.2) is 13.1 Å². The number of rotatable bonds is 4. The summed E-state index contributed by atoms with van der Waals surface area (Å²) < 4.78 is 30.7. The van der Waals surface area contributed by atoms with Crippen molar-refractivity contribution in [1.82, 2.24) is 9.88 Å². The van der Waals surface area contributed by atoms with E-state index in [9.17, 15) is 8.42 Å². The van der Waals surface area contributed by atoms with Crippen LogP contribution in [0.25, 0.3) is 0 Å². The van der Waals surface area contributed by atoms with Crippen molar-refractivity contribution in [2.75, 3.05) is 5.73 Å². The van der Waals surface area contributed by atoms with E-state index in [1.165, 1.54) is 18.4 Å². The van der Waals surface area contributed by atoms with Crippen LogP contribution in [-0.2, 0) is 16.6 Å². The van der Waals surface area contributed by atoms with E-state index in [2.05, 4.69) is 14.4 Å². The van der Waals surface area contributed by atoms with E-state index in [-0.39, 0.29) is 11.4 Å². The van der Waals surface area contributed by atoms with Crippen molar-refractivity contribution < 1.29 is 12.9 Å². The van der Waals surface area contributed by atoms with E-state index < -0.39 is 10.0 Å². The molecule has 2 aromatic rings. The first-order valence-corrected chi connectivity index (χ1v) is 6.31. The van der Waals surface area contributed by atoms with Gasteiger partial charge in [0.1, 0.15) is 6.26 Å². The number of benzene rings is 1. The zero-order chi connectivity index (χ0) is 12.3. The van der Waals surface area contributed by atoms with Gasteiger partial charge in [0.25, 0.3) is 0 Å². The second kappa shape index (κ2) is 4.56. The first-order valence-electron chi connectivity index (χ1n) is 4.82. The fraction of sp³-hybridized carbons (Fsp3) is 0.100. The number of nitrogens with one attached hydrogen (secondary N) is 1. The molecule has 0 aliphatic carbocycles. The summed E-state index contributed by atoms with van der Waals surface area (Å²) in [6.07, 6.45) is 1.38. The highest BCUT2D eigenvalue weighted by Gasteiger charge is 2.14. The van der Waals surface area contributed by atoms with Gasteiger partial charge < -0.3 is 10.3 Å². The van der Waals surface area contributed by atoms with Gasteiger partial charge in [-0.05, 0) is 18.2 Å². The molecule has 7 heteroatoms. The molecule has 2 rings (SSSR count). The third-order valence-electron chi connectivity index (χ3n) is 2.10. The molecule has 0 amide bonds. The molecule has 1 heterocycles. The summed E-state index contributed by atoms with van der Waals surface area (Å²) in [5.74, 6) is 0. The maximum atomic E-state index is 11.9. The first kappa shape index (κ1) is 11.6. The summed E-state index contributed by atoms with van der Waals surface area (Å²) >= 11 is 0. The van der Waals surface area contributed by atoms with Crippen LogP contribution in [0.4, 0.5) is 5.69 Å². The number of hydrogen-bond donors (Lipinski definition) is 2. The van der Waals surface area contributed by atoms with E-state index >= 15 is 0 Å². The zero-order valence-electron chi connectivity index (χ0n) is 8.83. The molecule has 0 saturated heterocycles. The maximum absolute atomic E-state index is 11.9. The molecule has 17 heavy (non-hydrogen) atoms. The van der Waals surface area contributed by atoms with Crippen LogP contribution in [-0.4, -0.2) is 13.6 Å². The molecule has 0 aliphatic rings. The van der Waals surface area contributed by atoms with Crippen molar-refractivity contribution in [2.24, 2.45) is 0 Å². The Morgan fingerprint density at radius 2 is 2.18 bits per heavy atom. The van der Waals surface area contributed by atoms with E-state index in [1.54, 1.807) is 18.2 Å². The van der Waals surface area contributed by atoms with Crippen molar-refractivity contribution in [3.05, 3.63) is 42.3 Å². The van der Waals surface area contributed by atoms with Gasteiger partial charge in [-0.1, -0.05) is 11.2 Å². The molecule has 3 N–H and O–H groups in total. The zero-order valence-corrected chi connectivity index (χ0v) is 9.65. The van der Waals surface area contributed by atoms with E-state index in [0.29, 0.717) is 11.4 Å². The van der Waals surface area contributed by atoms with Gasteiger partial charge in [-0.3, -0.25) is 0 Å². The molecule has 0 fully saturated rings. The number of nitrogens with two attached hydrogens (primary N) is 1. The minimum atomic E-state index is -3.57. The third kappa shape index (κ3) is 2.83. The molecule has 0 saturated carbocycles. The minimum absolute atomic E-state index is 0.0770. The number of nitrogen functional groups attached to an aromatic ring is 1. The highest BCUT2D eigenvalue weighted by molar-refractivity contribution is 7.89. The molecule has 0 spiro atoms. The fourth-order valence-corrected chi connectivity index (χ4v) is 2.32. The van der Waals surface area contributed by atoms with Gasteiger partial charge in [0.2, 0.25) is 10.0 Å². The predicted octanol–water partition coefficient (Wildman–Crippen LogP) is 0.735. The van der Waals surface area contributed by atoms with Crippen LogP contribution in [0.5, 0.6) is 0 Å². The second-order valence-electron chi connectivity index (χ2n) is 3.39. The minimum Gasteiger partial charge on any atom is -0.399 e. The summed E-state index contributed by atoms with van der Waals surface area (Å²) in [6.45, 7) is 0.0770. The molecule has 0 aliphatic heterocycles. The highest BCUT2D eigenvalue weighted by Crippen LogP contribution is 2.12. The molecule has 1 aromatic heterocycles. The summed E-state index contributed by atoms with van der Waals surface area (Å²) in [5, 5.41) is 3.60. The standard InChI is InChI=1S/C10H11N3O3S/c11-8-2-1-3-10(6-8)17(14,15)12-7-9-4-5-16-13-9/h1-6,12H,7,11H2. The van der Waals surface area contributed by atoms with E-state index in [4.69, 9.17) is 5.73 Å². The normalized spacial score (nSPS) is 11.5. The topological polar surface area (TPSA) is 98.2 Å². The Morgan fingerprint density at radius 3 is 2.82 bits per heavy atom. The highest BCUT2D eigenvalue weighted by atomic mass is 32.2. The van der Waals surface area contributed by atoms with Crippen LogP contribution in [0.1, 0.15) is 5.69 Å². The molecular weight excluding hydrogens is 242 g/mol. The molecule has 6 nitrogen and oxygen atoms in total. The summed E-state index contributed by atoms with van der Waals surface area (Å²) in [7, 11) is -3.57. The van der Waals surface area contributed by atoms with Gasteiger partial charge in [0.15, 0.2) is 0 Å². The van der Waals surface area contributed by atoms with Crippen molar-refractivity contribution in [2.45, 2.75) is 11.4 Å². The van der Waals surface area contributed by atoms with Crippen molar-refractivity contribution in [3.63, 3.8) is 0 Å². The van der Waals surface area contributed by atoms with Crippen LogP contribution < -0.4 is 10.5 Å². The molecular formula is C10H11N3O3S. The number of anilines is 1. The van der Waals surface area contributed by atoms with Gasteiger partial charge >= 0.3 is 0 Å². The summed E-state index contributed by atoms with van der Waals surface area (Å²) in [6, 6.07) is 7.66. The molecule has 1 aromatic carbocycles. The lowest BCUT2D eigenvalue weighted by Crippen LogP contribution is -2.23. The second-order valence-corrected chi connectivity index (χ2v) is 5.15. The predicted molar refractivity (Wildman–Crippen MR) is 61.4 cm³/mol. The van der Waals surface area contributed by atoms with Crippen molar-refractivity contribution >= 4 is 15.7 Å². The van der Waals surface area contributed by atoms with Crippen LogP contribution in [0, 0.1) is 0 Å². The van der Waals surface area contributed by atoms with Gasteiger partial charge in [-0.15, -0.1) is 0 Å². The van der Waals surface area contributed by atoms with Gasteiger partial charge in [0.05, 0.1) is 17.1 Å².